The first-order chi connectivity index (χ1) is 23.2. The van der Waals surface area contributed by atoms with Crippen LogP contribution in [0.1, 0.15) is 50.4 Å². The maximum absolute atomic E-state index is 14.4. The first-order valence-corrected chi connectivity index (χ1v) is 19.0. The maximum Gasteiger partial charge on any atom is 0.261 e. The number of aliphatic hydroxyl groups is 1. The van der Waals surface area contributed by atoms with Crippen molar-refractivity contribution in [1.29, 1.82) is 0 Å². The molecule has 0 bridgehead atoms. The average Bonchev–Trinajstić information content (AvgIpc) is 3.52. The fourth-order valence-electron chi connectivity index (χ4n) is 5.45. The lowest BCUT2D eigenvalue weighted by Crippen LogP contribution is -2.48. The van der Waals surface area contributed by atoms with Crippen LogP contribution in [0.3, 0.4) is 0 Å². The van der Waals surface area contributed by atoms with Crippen molar-refractivity contribution in [3.05, 3.63) is 60.6 Å². The molecule has 1 amide bonds. The van der Waals surface area contributed by atoms with E-state index in [4.69, 9.17) is 14.2 Å². The fraction of sp³-hybridized carbons (Fsp3) is 0.515. The minimum absolute atomic E-state index is 0.00298. The molecule has 49 heavy (non-hydrogen) atoms. The van der Waals surface area contributed by atoms with E-state index in [0.717, 1.165) is 6.42 Å². The molecule has 0 unspecified atom stereocenters. The molecule has 0 saturated carbocycles. The van der Waals surface area contributed by atoms with E-state index < -0.39 is 38.1 Å². The topological polar surface area (TPSA) is 170 Å². The van der Waals surface area contributed by atoms with E-state index in [9.17, 15) is 26.7 Å². The quantitative estimate of drug-likeness (QED) is 0.317. The Bertz CT molecular complexity index is 1780. The van der Waals surface area contributed by atoms with E-state index >= 15 is 0 Å². The summed E-state index contributed by atoms with van der Waals surface area (Å²) in [6.07, 6.45) is 4.04. The van der Waals surface area contributed by atoms with E-state index in [1.807, 2.05) is 13.8 Å². The molecule has 2 aromatic carbocycles. The molecule has 0 fully saturated rings. The lowest BCUT2D eigenvalue weighted by molar-refractivity contribution is -0.00835. The lowest BCUT2D eigenvalue weighted by atomic mass is 10.0. The van der Waals surface area contributed by atoms with Gasteiger partial charge in [0.1, 0.15) is 11.5 Å². The molecule has 1 aliphatic heterocycles. The predicted molar refractivity (Wildman–Crippen MR) is 184 cm³/mol. The summed E-state index contributed by atoms with van der Waals surface area (Å²) in [6, 6.07) is 9.79. The fourth-order valence-corrected chi connectivity index (χ4v) is 7.64. The van der Waals surface area contributed by atoms with Gasteiger partial charge in [0.25, 0.3) is 26.0 Å². The summed E-state index contributed by atoms with van der Waals surface area (Å²) in [5.74, 6) is -0.101. The van der Waals surface area contributed by atoms with Gasteiger partial charge in [0.05, 0.1) is 48.8 Å². The highest BCUT2D eigenvalue weighted by Crippen LogP contribution is 2.30. The van der Waals surface area contributed by atoms with Crippen LogP contribution in [0.4, 0.5) is 5.69 Å². The normalized spacial score (nSPS) is 20.6. The van der Waals surface area contributed by atoms with Crippen LogP contribution in [0.25, 0.3) is 0 Å². The van der Waals surface area contributed by atoms with Crippen molar-refractivity contribution in [1.82, 2.24) is 18.8 Å². The molecule has 4 atom stereocenters. The van der Waals surface area contributed by atoms with Gasteiger partial charge >= 0.3 is 0 Å². The zero-order chi connectivity index (χ0) is 35.9. The largest absolute Gasteiger partial charge is 0.497 e. The molecule has 0 radical (unpaired) electrons. The second-order valence-corrected chi connectivity index (χ2v) is 16.1. The summed E-state index contributed by atoms with van der Waals surface area (Å²) in [5.41, 5.74) is 0.256. The number of nitrogens with zero attached hydrogens (tertiary/aromatic N) is 4. The number of methoxy groups -OCH3 is 1. The number of nitrogens with one attached hydrogen (secondary N) is 1. The van der Waals surface area contributed by atoms with Crippen LogP contribution in [0.5, 0.6) is 11.5 Å². The summed E-state index contributed by atoms with van der Waals surface area (Å²) in [7, 11) is -3.30. The van der Waals surface area contributed by atoms with Crippen LogP contribution < -0.4 is 14.2 Å². The molecule has 270 valence electrons. The number of fused-ring (bicyclic) bond motifs is 1. The number of likely N-dealkylation sites (N-methyl/N-ethyl adjacent to an activating group) is 1. The molecule has 14 nitrogen and oxygen atoms in total. The van der Waals surface area contributed by atoms with Gasteiger partial charge in [-0.3, -0.25) is 9.52 Å². The Hall–Kier alpha value is -3.70. The third kappa shape index (κ3) is 9.51. The highest BCUT2D eigenvalue weighted by molar-refractivity contribution is 7.92. The van der Waals surface area contributed by atoms with Gasteiger partial charge in [0, 0.05) is 51.6 Å². The summed E-state index contributed by atoms with van der Waals surface area (Å²) < 4.78 is 76.1. The first-order valence-electron chi connectivity index (χ1n) is 16.1. The number of carbonyl (C=O) groups is 1. The molecular formula is C33H47N5O9S2. The van der Waals surface area contributed by atoms with Crippen LogP contribution in [0.2, 0.25) is 0 Å². The molecule has 0 spiro atoms. The summed E-state index contributed by atoms with van der Waals surface area (Å²) >= 11 is 0. The highest BCUT2D eigenvalue weighted by atomic mass is 32.2. The van der Waals surface area contributed by atoms with Crippen molar-refractivity contribution >= 4 is 31.6 Å². The van der Waals surface area contributed by atoms with Crippen LogP contribution in [0.15, 0.2) is 64.9 Å². The van der Waals surface area contributed by atoms with Gasteiger partial charge < -0.3 is 28.8 Å². The van der Waals surface area contributed by atoms with E-state index in [1.165, 1.54) is 72.3 Å². The number of anilines is 1. The summed E-state index contributed by atoms with van der Waals surface area (Å²) in [6.45, 7) is 5.56. The number of ether oxygens (including phenoxy) is 3. The third-order valence-corrected chi connectivity index (χ3v) is 11.6. The standard InChI is InChI=1S/C33H47N5O9S2/c1-23-18-38(24(2)21-39)33(40)29-17-26(35-48(41,42)28-13-11-27(45-6)12-14-28)10-15-30(29)47-25(3)9-7-8-16-46-31(23)19-37(5)49(43,44)32-20-36(4)22-34-32/h10-15,17,20,22-25,31,35,39H,7-9,16,18-19,21H2,1-6H3/t23-,24+,25+,31-/m1/s1. The third-order valence-electron chi connectivity index (χ3n) is 8.47. The summed E-state index contributed by atoms with van der Waals surface area (Å²) in [4.78, 5) is 19.9. The molecular weight excluding hydrogens is 675 g/mol. The molecule has 3 aromatic rings. The number of aliphatic hydroxyl groups excluding tert-OH is 1. The van der Waals surface area contributed by atoms with E-state index in [2.05, 4.69) is 9.71 Å². The Balaban J connectivity index is 1.67. The van der Waals surface area contributed by atoms with Crippen molar-refractivity contribution in [3.8, 4) is 11.5 Å². The number of benzene rings is 2. The van der Waals surface area contributed by atoms with Gasteiger partial charge in [-0.1, -0.05) is 6.92 Å². The Kier molecular flexibility index (Phi) is 12.7. The highest BCUT2D eigenvalue weighted by Gasteiger charge is 2.33. The van der Waals surface area contributed by atoms with Gasteiger partial charge in [0.15, 0.2) is 5.03 Å². The van der Waals surface area contributed by atoms with E-state index in [1.54, 1.807) is 24.6 Å². The molecule has 0 aliphatic carbocycles. The minimum Gasteiger partial charge on any atom is -0.497 e. The van der Waals surface area contributed by atoms with Crippen LogP contribution in [-0.4, -0.2) is 105 Å². The van der Waals surface area contributed by atoms with Gasteiger partial charge in [-0.15, -0.1) is 0 Å². The summed E-state index contributed by atoms with van der Waals surface area (Å²) in [5, 5.41) is 10.1. The number of hydrogen-bond acceptors (Lipinski definition) is 10. The average molecular weight is 722 g/mol. The maximum atomic E-state index is 14.4. The van der Waals surface area contributed by atoms with Crippen molar-refractivity contribution in [2.45, 2.75) is 68.2 Å². The smallest absolute Gasteiger partial charge is 0.261 e. The Morgan fingerprint density at radius 2 is 1.84 bits per heavy atom. The lowest BCUT2D eigenvalue weighted by Gasteiger charge is -2.35. The molecule has 2 N–H and O–H groups in total. The Morgan fingerprint density at radius 3 is 2.47 bits per heavy atom. The zero-order valence-electron chi connectivity index (χ0n) is 28.8. The van der Waals surface area contributed by atoms with Crippen molar-refractivity contribution in [3.63, 3.8) is 0 Å². The van der Waals surface area contributed by atoms with Crippen LogP contribution >= 0.6 is 0 Å². The molecule has 0 saturated heterocycles. The molecule has 2 heterocycles. The van der Waals surface area contributed by atoms with Gasteiger partial charge in [-0.05, 0) is 75.6 Å². The van der Waals surface area contributed by atoms with Gasteiger partial charge in [-0.2, -0.15) is 4.31 Å². The second-order valence-electron chi connectivity index (χ2n) is 12.5. The number of aryl methyl sites for hydroxylation is 1. The molecule has 1 aromatic heterocycles. The SMILES string of the molecule is COc1ccc(S(=O)(=O)Nc2ccc3c(c2)C(=O)N([C@@H](C)CO)C[C@@H](C)[C@@H](CN(C)S(=O)(=O)c2cn(C)cn2)OCCCC[C@H](C)O3)cc1. The number of aromatic nitrogens is 2. The molecule has 16 heteroatoms. The van der Waals surface area contributed by atoms with E-state index in [0.29, 0.717) is 25.2 Å². The Morgan fingerprint density at radius 1 is 1.12 bits per heavy atom. The number of amides is 1. The number of carbonyl (C=O) groups excluding carboxylic acids is 1. The number of rotatable bonds is 10. The molecule has 1 aliphatic rings. The molecule has 4 rings (SSSR count). The zero-order valence-corrected chi connectivity index (χ0v) is 30.4. The second kappa shape index (κ2) is 16.3. The van der Waals surface area contributed by atoms with Gasteiger partial charge in [-0.25, -0.2) is 21.8 Å². The van der Waals surface area contributed by atoms with Crippen LogP contribution in [-0.2, 0) is 31.8 Å². The Labute approximate surface area is 289 Å². The monoisotopic (exact) mass is 721 g/mol. The number of hydrogen-bond donors (Lipinski definition) is 2. The minimum atomic E-state index is -4.02. The van der Waals surface area contributed by atoms with Gasteiger partial charge in [0.2, 0.25) is 0 Å². The van der Waals surface area contributed by atoms with E-state index in [-0.39, 0.29) is 58.6 Å². The van der Waals surface area contributed by atoms with Crippen molar-refractivity contribution < 1.29 is 40.9 Å². The number of sulfonamides is 2. The predicted octanol–water partition coefficient (Wildman–Crippen LogP) is 3.35. The van der Waals surface area contributed by atoms with Crippen molar-refractivity contribution in [2.24, 2.45) is 13.0 Å². The first kappa shape index (κ1) is 38.1. The van der Waals surface area contributed by atoms with Crippen LogP contribution in [0, 0.1) is 5.92 Å². The van der Waals surface area contributed by atoms with Crippen molar-refractivity contribution in [2.75, 3.05) is 45.2 Å². The number of imidazole rings is 1.